The smallest absolute Gasteiger partial charge is 0.268 e. The molecule has 0 aliphatic carbocycles. The molecular formula is C22H21ClN2O3S. The van der Waals surface area contributed by atoms with Crippen molar-refractivity contribution < 1.29 is 14.3 Å². The van der Waals surface area contributed by atoms with Gasteiger partial charge in [-0.1, -0.05) is 23.7 Å². The molecule has 1 aromatic heterocycles. The van der Waals surface area contributed by atoms with Crippen LogP contribution in [0, 0.1) is 0 Å². The fourth-order valence-corrected chi connectivity index (χ4v) is 4.16. The molecule has 1 unspecified atom stereocenters. The third-order valence-electron chi connectivity index (χ3n) is 4.79. The molecule has 7 heteroatoms. The van der Waals surface area contributed by atoms with Crippen molar-refractivity contribution in [2.24, 2.45) is 0 Å². The van der Waals surface area contributed by atoms with Gasteiger partial charge in [0.2, 0.25) is 0 Å². The van der Waals surface area contributed by atoms with Crippen molar-refractivity contribution in [1.82, 2.24) is 4.98 Å². The number of rotatable bonds is 6. The number of aromatic nitrogens is 1. The van der Waals surface area contributed by atoms with Gasteiger partial charge in [-0.2, -0.15) is 0 Å². The fraction of sp³-hybridized carbons (Fsp3) is 0.273. The number of carbonyl (C=O) groups excluding carboxylic acids is 1. The van der Waals surface area contributed by atoms with Gasteiger partial charge < -0.3 is 14.4 Å². The van der Waals surface area contributed by atoms with Gasteiger partial charge in [0.25, 0.3) is 5.91 Å². The number of halogens is 1. The molecule has 1 atom stereocenters. The summed E-state index contributed by atoms with van der Waals surface area (Å²) in [5, 5.41) is 3.73. The Labute approximate surface area is 178 Å². The molecular weight excluding hydrogens is 408 g/mol. The number of hydrogen-bond acceptors (Lipinski definition) is 5. The molecule has 29 heavy (non-hydrogen) atoms. The highest BCUT2D eigenvalue weighted by Crippen LogP contribution is 2.38. The van der Waals surface area contributed by atoms with Gasteiger partial charge in [-0.3, -0.25) is 4.79 Å². The molecule has 0 spiro atoms. The molecule has 4 rings (SSSR count). The minimum atomic E-state index is -0.527. The number of amides is 1. The van der Waals surface area contributed by atoms with E-state index in [9.17, 15) is 4.79 Å². The highest BCUT2D eigenvalue weighted by molar-refractivity contribution is 7.09. The predicted molar refractivity (Wildman–Crippen MR) is 116 cm³/mol. The average Bonchev–Trinajstić information content (AvgIpc) is 3.20. The lowest BCUT2D eigenvalue weighted by atomic mass is 10.1. The zero-order valence-electron chi connectivity index (χ0n) is 16.2. The Bertz CT molecular complexity index is 1020. The number of nitrogens with zero attached hydrogens (tertiary/aromatic N) is 2. The SMILES string of the molecule is COCCc1nc(-c2ccc3c(c2)N(Cc2ccc(Cl)cc2)C(=O)C(C)O3)cs1. The second-order valence-corrected chi connectivity index (χ2v) is 8.24. The van der Waals surface area contributed by atoms with E-state index in [1.165, 1.54) is 0 Å². The molecule has 0 bridgehead atoms. The van der Waals surface area contributed by atoms with Crippen molar-refractivity contribution in [2.75, 3.05) is 18.6 Å². The first-order valence-electron chi connectivity index (χ1n) is 9.35. The summed E-state index contributed by atoms with van der Waals surface area (Å²) >= 11 is 7.61. The van der Waals surface area contributed by atoms with Crippen LogP contribution in [0.2, 0.25) is 5.02 Å². The summed E-state index contributed by atoms with van der Waals surface area (Å²) in [7, 11) is 1.69. The summed E-state index contributed by atoms with van der Waals surface area (Å²) < 4.78 is 11.0. The van der Waals surface area contributed by atoms with Crippen LogP contribution >= 0.6 is 22.9 Å². The number of fused-ring (bicyclic) bond motifs is 1. The van der Waals surface area contributed by atoms with Gasteiger partial charge in [0, 0.05) is 29.5 Å². The standard InChI is InChI=1S/C22H21ClN2O3S/c1-14-22(26)25(12-15-3-6-17(23)7-4-15)19-11-16(5-8-20(19)28-14)18-13-29-21(24-18)9-10-27-2/h3-8,11,13-14H,9-10,12H2,1-2H3. The number of hydrogen-bond donors (Lipinski definition) is 0. The number of thiazole rings is 1. The monoisotopic (exact) mass is 428 g/mol. The molecule has 1 aliphatic rings. The van der Waals surface area contributed by atoms with Crippen molar-refractivity contribution in [1.29, 1.82) is 0 Å². The Hall–Kier alpha value is -2.41. The normalized spacial score (nSPS) is 15.9. The van der Waals surface area contributed by atoms with Gasteiger partial charge in [0.15, 0.2) is 6.10 Å². The molecule has 2 aromatic carbocycles. The number of methoxy groups -OCH3 is 1. The molecule has 0 saturated heterocycles. The van der Waals surface area contributed by atoms with Crippen LogP contribution in [0.1, 0.15) is 17.5 Å². The maximum absolute atomic E-state index is 12.9. The zero-order chi connectivity index (χ0) is 20.4. The number of benzene rings is 2. The third-order valence-corrected chi connectivity index (χ3v) is 5.95. The first-order chi connectivity index (χ1) is 14.0. The highest BCUT2D eigenvalue weighted by atomic mass is 35.5. The van der Waals surface area contributed by atoms with Crippen LogP contribution < -0.4 is 9.64 Å². The maximum Gasteiger partial charge on any atom is 0.268 e. The molecule has 0 N–H and O–H groups in total. The van der Waals surface area contributed by atoms with E-state index < -0.39 is 6.10 Å². The third kappa shape index (κ3) is 4.29. The number of carbonyl (C=O) groups is 1. The van der Waals surface area contributed by atoms with Crippen molar-refractivity contribution >= 4 is 34.5 Å². The van der Waals surface area contributed by atoms with Crippen LogP contribution in [0.25, 0.3) is 11.3 Å². The van der Waals surface area contributed by atoms with Crippen LogP contribution in [0.15, 0.2) is 47.8 Å². The lowest BCUT2D eigenvalue weighted by molar-refractivity contribution is -0.125. The second kappa shape index (κ2) is 8.53. The van der Waals surface area contributed by atoms with E-state index in [0.29, 0.717) is 23.9 Å². The van der Waals surface area contributed by atoms with Gasteiger partial charge in [-0.25, -0.2) is 4.98 Å². The first-order valence-corrected chi connectivity index (χ1v) is 10.6. The lowest BCUT2D eigenvalue weighted by Crippen LogP contribution is -2.44. The summed E-state index contributed by atoms with van der Waals surface area (Å²) in [6.45, 7) is 2.87. The van der Waals surface area contributed by atoms with E-state index in [1.807, 2.05) is 47.8 Å². The molecule has 0 fully saturated rings. The van der Waals surface area contributed by atoms with Crippen LogP contribution in [0.5, 0.6) is 5.75 Å². The maximum atomic E-state index is 12.9. The molecule has 0 saturated carbocycles. The fourth-order valence-electron chi connectivity index (χ4n) is 3.25. The van der Waals surface area contributed by atoms with Gasteiger partial charge in [0.1, 0.15) is 5.75 Å². The molecule has 1 aliphatic heterocycles. The molecule has 2 heterocycles. The molecule has 150 valence electrons. The minimum Gasteiger partial charge on any atom is -0.479 e. The Kier molecular flexibility index (Phi) is 5.85. The van der Waals surface area contributed by atoms with Crippen LogP contribution in [-0.4, -0.2) is 30.7 Å². The Morgan fingerprint density at radius 3 is 2.79 bits per heavy atom. The average molecular weight is 429 g/mol. The van der Waals surface area contributed by atoms with E-state index in [-0.39, 0.29) is 5.91 Å². The number of anilines is 1. The first kappa shape index (κ1) is 19.9. The van der Waals surface area contributed by atoms with Crippen LogP contribution in [0.4, 0.5) is 5.69 Å². The van der Waals surface area contributed by atoms with Crippen LogP contribution in [0.3, 0.4) is 0 Å². The summed E-state index contributed by atoms with van der Waals surface area (Å²) in [5.74, 6) is 0.633. The van der Waals surface area contributed by atoms with Gasteiger partial charge >= 0.3 is 0 Å². The summed E-state index contributed by atoms with van der Waals surface area (Å²) in [4.78, 5) is 19.3. The van der Waals surface area contributed by atoms with E-state index in [4.69, 9.17) is 26.1 Å². The number of ether oxygens (including phenoxy) is 2. The van der Waals surface area contributed by atoms with Crippen LogP contribution in [-0.2, 0) is 22.5 Å². The zero-order valence-corrected chi connectivity index (χ0v) is 17.8. The Balaban J connectivity index is 1.66. The lowest BCUT2D eigenvalue weighted by Gasteiger charge is -2.33. The van der Waals surface area contributed by atoms with E-state index in [2.05, 4.69) is 0 Å². The predicted octanol–water partition coefficient (Wildman–Crippen LogP) is 4.97. The Morgan fingerprint density at radius 1 is 1.24 bits per heavy atom. The second-order valence-electron chi connectivity index (χ2n) is 6.86. The van der Waals surface area contributed by atoms with E-state index >= 15 is 0 Å². The van der Waals surface area contributed by atoms with E-state index in [0.717, 1.165) is 33.9 Å². The summed E-state index contributed by atoms with van der Waals surface area (Å²) in [6.07, 6.45) is 0.258. The molecule has 1 amide bonds. The summed E-state index contributed by atoms with van der Waals surface area (Å²) in [6, 6.07) is 13.4. The van der Waals surface area contributed by atoms with Crippen molar-refractivity contribution in [3.05, 3.63) is 63.4 Å². The van der Waals surface area contributed by atoms with Crippen molar-refractivity contribution in [3.63, 3.8) is 0 Å². The molecule has 3 aromatic rings. The highest BCUT2D eigenvalue weighted by Gasteiger charge is 2.32. The van der Waals surface area contributed by atoms with E-state index in [1.54, 1.807) is 30.3 Å². The van der Waals surface area contributed by atoms with Gasteiger partial charge in [-0.05, 0) is 42.8 Å². The van der Waals surface area contributed by atoms with Crippen molar-refractivity contribution in [2.45, 2.75) is 26.0 Å². The van der Waals surface area contributed by atoms with Gasteiger partial charge in [0.05, 0.1) is 29.5 Å². The van der Waals surface area contributed by atoms with Gasteiger partial charge in [-0.15, -0.1) is 11.3 Å². The summed E-state index contributed by atoms with van der Waals surface area (Å²) in [5.41, 5.74) is 3.60. The minimum absolute atomic E-state index is 0.0661. The topological polar surface area (TPSA) is 51.7 Å². The molecule has 5 nitrogen and oxygen atoms in total. The largest absolute Gasteiger partial charge is 0.479 e. The van der Waals surface area contributed by atoms with Crippen molar-refractivity contribution in [3.8, 4) is 17.0 Å². The Morgan fingerprint density at radius 2 is 2.03 bits per heavy atom. The molecule has 0 radical (unpaired) electrons. The quantitative estimate of drug-likeness (QED) is 0.556.